The van der Waals surface area contributed by atoms with Crippen LogP contribution >= 0.6 is 11.6 Å². The fraction of sp³-hybridized carbons (Fsp3) is 0.222. The zero-order valence-corrected chi connectivity index (χ0v) is 14.2. The van der Waals surface area contributed by atoms with Gasteiger partial charge in [-0.25, -0.2) is 4.39 Å². The van der Waals surface area contributed by atoms with E-state index in [1.807, 2.05) is 13.0 Å². The first-order chi connectivity index (χ1) is 11.4. The molecule has 0 aliphatic heterocycles. The van der Waals surface area contributed by atoms with Crippen LogP contribution in [-0.4, -0.2) is 24.9 Å². The third-order valence-corrected chi connectivity index (χ3v) is 3.82. The Labute approximate surface area is 145 Å². The first-order valence-corrected chi connectivity index (χ1v) is 7.85. The summed E-state index contributed by atoms with van der Waals surface area (Å²) < 4.78 is 13.6. The number of hydrogen-bond donors (Lipinski definition) is 1. The van der Waals surface area contributed by atoms with Gasteiger partial charge in [0.1, 0.15) is 5.82 Å². The van der Waals surface area contributed by atoms with E-state index in [9.17, 15) is 14.0 Å². The average Bonchev–Trinajstić information content (AvgIpc) is 2.54. The molecule has 0 unspecified atom stereocenters. The van der Waals surface area contributed by atoms with Crippen molar-refractivity contribution in [3.63, 3.8) is 0 Å². The highest BCUT2D eigenvalue weighted by atomic mass is 35.5. The maximum atomic E-state index is 13.6. The van der Waals surface area contributed by atoms with E-state index in [2.05, 4.69) is 5.32 Å². The van der Waals surface area contributed by atoms with Gasteiger partial charge in [-0.2, -0.15) is 0 Å². The minimum atomic E-state index is -0.580. The topological polar surface area (TPSA) is 49.4 Å². The Morgan fingerprint density at radius 2 is 1.92 bits per heavy atom. The second-order valence-corrected chi connectivity index (χ2v) is 5.77. The minimum Gasteiger partial charge on any atom is -0.350 e. The summed E-state index contributed by atoms with van der Waals surface area (Å²) in [7, 11) is 0. The highest BCUT2D eigenvalue weighted by Crippen LogP contribution is 2.24. The molecule has 2 aromatic rings. The molecule has 0 bridgehead atoms. The predicted octanol–water partition coefficient (Wildman–Crippen LogP) is 3.57. The summed E-state index contributed by atoms with van der Waals surface area (Å²) in [5.74, 6) is -1.26. The summed E-state index contributed by atoms with van der Waals surface area (Å²) in [5, 5.41) is 3.15. The van der Waals surface area contributed by atoms with Gasteiger partial charge in [-0.3, -0.25) is 9.59 Å². The van der Waals surface area contributed by atoms with Crippen LogP contribution < -0.4 is 10.2 Å². The third kappa shape index (κ3) is 4.32. The lowest BCUT2D eigenvalue weighted by Gasteiger charge is -2.23. The number of amides is 2. The van der Waals surface area contributed by atoms with Crippen molar-refractivity contribution in [2.24, 2.45) is 0 Å². The summed E-state index contributed by atoms with van der Waals surface area (Å²) in [5.41, 5.74) is 1.57. The van der Waals surface area contributed by atoms with Gasteiger partial charge in [0.15, 0.2) is 0 Å². The van der Waals surface area contributed by atoms with Crippen molar-refractivity contribution in [1.82, 2.24) is 5.32 Å². The molecule has 0 radical (unpaired) electrons. The van der Waals surface area contributed by atoms with E-state index in [-0.39, 0.29) is 24.6 Å². The van der Waals surface area contributed by atoms with Gasteiger partial charge < -0.3 is 10.2 Å². The SMILES string of the molecule is CC(=O)N(CCNC(=O)c1ccccc1F)c1cc(Cl)ccc1C. The van der Waals surface area contributed by atoms with Gasteiger partial charge in [-0.15, -0.1) is 0 Å². The maximum absolute atomic E-state index is 13.6. The molecule has 6 heteroatoms. The van der Waals surface area contributed by atoms with Crippen molar-refractivity contribution in [2.45, 2.75) is 13.8 Å². The molecule has 1 N–H and O–H groups in total. The normalized spacial score (nSPS) is 10.3. The quantitative estimate of drug-likeness (QED) is 0.898. The lowest BCUT2D eigenvalue weighted by Crippen LogP contribution is -2.38. The first kappa shape index (κ1) is 17.9. The molecule has 4 nitrogen and oxygen atoms in total. The lowest BCUT2D eigenvalue weighted by atomic mass is 10.1. The van der Waals surface area contributed by atoms with Crippen molar-refractivity contribution in [1.29, 1.82) is 0 Å². The molecule has 2 amide bonds. The van der Waals surface area contributed by atoms with Crippen LogP contribution in [0.2, 0.25) is 5.02 Å². The number of anilines is 1. The van der Waals surface area contributed by atoms with Crippen molar-refractivity contribution >= 4 is 29.1 Å². The summed E-state index contributed by atoms with van der Waals surface area (Å²) in [4.78, 5) is 25.4. The van der Waals surface area contributed by atoms with E-state index in [1.165, 1.54) is 30.0 Å². The second-order valence-electron chi connectivity index (χ2n) is 5.34. The minimum absolute atomic E-state index is 0.0224. The molecular formula is C18H18ClFN2O2. The fourth-order valence-corrected chi connectivity index (χ4v) is 2.51. The molecule has 0 saturated heterocycles. The Hall–Kier alpha value is -2.40. The second kappa shape index (κ2) is 7.93. The molecular weight excluding hydrogens is 331 g/mol. The van der Waals surface area contributed by atoms with Crippen LogP contribution in [0.1, 0.15) is 22.8 Å². The number of aryl methyl sites for hydroxylation is 1. The zero-order valence-electron chi connectivity index (χ0n) is 13.5. The molecule has 0 fully saturated rings. The van der Waals surface area contributed by atoms with E-state index in [1.54, 1.807) is 18.2 Å². The number of rotatable bonds is 5. The van der Waals surface area contributed by atoms with Gasteiger partial charge in [0.2, 0.25) is 5.91 Å². The number of nitrogens with one attached hydrogen (secondary N) is 1. The average molecular weight is 349 g/mol. The highest BCUT2D eigenvalue weighted by molar-refractivity contribution is 6.31. The van der Waals surface area contributed by atoms with Crippen LogP contribution in [0.15, 0.2) is 42.5 Å². The summed E-state index contributed by atoms with van der Waals surface area (Å²) in [6.45, 7) is 3.77. The van der Waals surface area contributed by atoms with Gasteiger partial charge in [0.05, 0.1) is 5.56 Å². The van der Waals surface area contributed by atoms with Crippen molar-refractivity contribution in [3.8, 4) is 0 Å². The molecule has 0 spiro atoms. The van der Waals surface area contributed by atoms with E-state index in [0.29, 0.717) is 10.7 Å². The number of halogens is 2. The van der Waals surface area contributed by atoms with Gasteiger partial charge in [0, 0.05) is 30.7 Å². The monoisotopic (exact) mass is 348 g/mol. The Kier molecular flexibility index (Phi) is 5.93. The van der Waals surface area contributed by atoms with Crippen molar-refractivity contribution < 1.29 is 14.0 Å². The third-order valence-electron chi connectivity index (χ3n) is 3.58. The highest BCUT2D eigenvalue weighted by Gasteiger charge is 2.15. The first-order valence-electron chi connectivity index (χ1n) is 7.47. The van der Waals surface area contributed by atoms with Gasteiger partial charge in [0.25, 0.3) is 5.91 Å². The summed E-state index contributed by atoms with van der Waals surface area (Å²) >= 11 is 6.00. The largest absolute Gasteiger partial charge is 0.350 e. The Morgan fingerprint density at radius 3 is 2.58 bits per heavy atom. The number of carbonyl (C=O) groups is 2. The van der Waals surface area contributed by atoms with E-state index in [4.69, 9.17) is 11.6 Å². The Bertz CT molecular complexity index is 764. The van der Waals surface area contributed by atoms with Crippen LogP contribution in [0.25, 0.3) is 0 Å². The number of nitrogens with zero attached hydrogens (tertiary/aromatic N) is 1. The smallest absolute Gasteiger partial charge is 0.254 e. The molecule has 0 aliphatic rings. The molecule has 0 aromatic heterocycles. The van der Waals surface area contributed by atoms with E-state index in [0.717, 1.165) is 5.56 Å². The fourth-order valence-electron chi connectivity index (χ4n) is 2.34. The Morgan fingerprint density at radius 1 is 1.21 bits per heavy atom. The van der Waals surface area contributed by atoms with E-state index >= 15 is 0 Å². The lowest BCUT2D eigenvalue weighted by molar-refractivity contribution is -0.116. The summed E-state index contributed by atoms with van der Waals surface area (Å²) in [6, 6.07) is 11.0. The van der Waals surface area contributed by atoms with Gasteiger partial charge >= 0.3 is 0 Å². The number of carbonyl (C=O) groups excluding carboxylic acids is 2. The molecule has 2 rings (SSSR count). The van der Waals surface area contributed by atoms with Crippen LogP contribution in [0.4, 0.5) is 10.1 Å². The van der Waals surface area contributed by atoms with Gasteiger partial charge in [-0.05, 0) is 36.8 Å². The summed E-state index contributed by atoms with van der Waals surface area (Å²) in [6.07, 6.45) is 0. The number of hydrogen-bond acceptors (Lipinski definition) is 2. The standard InChI is InChI=1S/C18H18ClFN2O2/c1-12-7-8-14(19)11-17(12)22(13(2)23)10-9-21-18(24)15-5-3-4-6-16(15)20/h3-8,11H,9-10H2,1-2H3,(H,21,24). The molecule has 0 saturated carbocycles. The molecule has 2 aromatic carbocycles. The van der Waals surface area contributed by atoms with Crippen molar-refractivity contribution in [2.75, 3.05) is 18.0 Å². The molecule has 0 heterocycles. The molecule has 24 heavy (non-hydrogen) atoms. The van der Waals surface area contributed by atoms with Gasteiger partial charge in [-0.1, -0.05) is 29.8 Å². The predicted molar refractivity (Wildman–Crippen MR) is 92.9 cm³/mol. The molecule has 126 valence electrons. The van der Waals surface area contributed by atoms with E-state index < -0.39 is 11.7 Å². The molecule has 0 aliphatic carbocycles. The van der Waals surface area contributed by atoms with Crippen LogP contribution in [0, 0.1) is 12.7 Å². The number of benzene rings is 2. The zero-order chi connectivity index (χ0) is 17.7. The van der Waals surface area contributed by atoms with Crippen LogP contribution in [-0.2, 0) is 4.79 Å². The van der Waals surface area contributed by atoms with Crippen molar-refractivity contribution in [3.05, 3.63) is 64.4 Å². The Balaban J connectivity index is 2.05. The molecule has 0 atom stereocenters. The maximum Gasteiger partial charge on any atom is 0.254 e. The van der Waals surface area contributed by atoms with Crippen LogP contribution in [0.3, 0.4) is 0 Å². The van der Waals surface area contributed by atoms with Crippen LogP contribution in [0.5, 0.6) is 0 Å².